The van der Waals surface area contributed by atoms with E-state index in [-0.39, 0.29) is 5.78 Å². The molecule has 7 nitrogen and oxygen atoms in total. The van der Waals surface area contributed by atoms with Crippen molar-refractivity contribution in [2.75, 3.05) is 26.6 Å². The van der Waals surface area contributed by atoms with Gasteiger partial charge < -0.3 is 25.3 Å². The van der Waals surface area contributed by atoms with E-state index < -0.39 is 0 Å². The summed E-state index contributed by atoms with van der Waals surface area (Å²) >= 11 is 0. The van der Waals surface area contributed by atoms with Gasteiger partial charge in [0.25, 0.3) is 0 Å². The number of aromatic nitrogens is 1. The number of pyridine rings is 1. The molecule has 0 aliphatic carbocycles. The van der Waals surface area contributed by atoms with E-state index in [1.54, 1.807) is 43.6 Å². The van der Waals surface area contributed by atoms with Crippen LogP contribution in [0.1, 0.15) is 15.9 Å². The minimum absolute atomic E-state index is 0.257. The third-order valence-corrected chi connectivity index (χ3v) is 4.46. The molecule has 154 valence electrons. The van der Waals surface area contributed by atoms with Gasteiger partial charge in [0.15, 0.2) is 5.78 Å². The predicted molar refractivity (Wildman–Crippen MR) is 117 cm³/mol. The zero-order chi connectivity index (χ0) is 21.5. The van der Waals surface area contributed by atoms with Crippen molar-refractivity contribution in [2.24, 2.45) is 5.73 Å². The number of Topliss-reactive ketones (excluding diaryl/α,β-unsaturated/α-hetero) is 1. The van der Waals surface area contributed by atoms with Crippen molar-refractivity contribution in [3.8, 4) is 17.2 Å². The van der Waals surface area contributed by atoms with E-state index in [2.05, 4.69) is 10.3 Å². The quantitative estimate of drug-likeness (QED) is 0.431. The average molecular weight is 405 g/mol. The van der Waals surface area contributed by atoms with Crippen LogP contribution in [0.3, 0.4) is 0 Å². The van der Waals surface area contributed by atoms with Crippen LogP contribution < -0.4 is 25.3 Å². The minimum Gasteiger partial charge on any atom is -0.497 e. The maximum atomic E-state index is 13.0. The van der Waals surface area contributed by atoms with Gasteiger partial charge in [-0.25, -0.2) is 4.98 Å². The first-order chi connectivity index (χ1) is 14.6. The zero-order valence-electron chi connectivity index (χ0n) is 17.0. The number of anilines is 2. The smallest absolute Gasteiger partial charge is 0.195 e. The molecular weight excluding hydrogens is 382 g/mol. The van der Waals surface area contributed by atoms with Gasteiger partial charge >= 0.3 is 0 Å². The number of nitrogens with one attached hydrogen (secondary N) is 1. The van der Waals surface area contributed by atoms with Crippen molar-refractivity contribution in [3.63, 3.8) is 0 Å². The standard InChI is InChI=1S/C23H23N3O4/c1-28-18-7-5-17(6-8-18)26-22-9-4-15(14-25-22)21(13-24)23(27)16-10-19(29-2)12-20(11-16)30-3/h4-14H,24H2,1-3H3,(H,25,26)/b21-13+. The molecular formula is C23H23N3O4. The van der Waals surface area contributed by atoms with E-state index in [0.717, 1.165) is 11.4 Å². The lowest BCUT2D eigenvalue weighted by atomic mass is 9.98. The van der Waals surface area contributed by atoms with Crippen molar-refractivity contribution in [2.45, 2.75) is 0 Å². The largest absolute Gasteiger partial charge is 0.497 e. The Hall–Kier alpha value is -4.00. The summed E-state index contributed by atoms with van der Waals surface area (Å²) in [7, 11) is 4.68. The fraction of sp³-hybridized carbons (Fsp3) is 0.130. The second kappa shape index (κ2) is 9.47. The lowest BCUT2D eigenvalue weighted by Gasteiger charge is -2.11. The SMILES string of the molecule is COc1ccc(Nc2ccc(/C(=C\N)C(=O)c3cc(OC)cc(OC)c3)cn2)cc1. The average Bonchev–Trinajstić information content (AvgIpc) is 2.80. The van der Waals surface area contributed by atoms with Gasteiger partial charge in [0.05, 0.1) is 21.3 Å². The number of allylic oxidation sites excluding steroid dienone is 1. The summed E-state index contributed by atoms with van der Waals surface area (Å²) in [6.45, 7) is 0. The van der Waals surface area contributed by atoms with Crippen LogP contribution in [0.25, 0.3) is 5.57 Å². The molecule has 1 aromatic heterocycles. The number of hydrogen-bond acceptors (Lipinski definition) is 7. The van der Waals surface area contributed by atoms with Gasteiger partial charge in [0, 0.05) is 40.9 Å². The molecule has 3 rings (SSSR count). The maximum Gasteiger partial charge on any atom is 0.195 e. The summed E-state index contributed by atoms with van der Waals surface area (Å²) in [5, 5.41) is 3.20. The Kier molecular flexibility index (Phi) is 6.54. The molecule has 0 amide bonds. The highest BCUT2D eigenvalue weighted by atomic mass is 16.5. The van der Waals surface area contributed by atoms with Crippen LogP contribution in [0.2, 0.25) is 0 Å². The number of ketones is 1. The zero-order valence-corrected chi connectivity index (χ0v) is 17.0. The first-order valence-corrected chi connectivity index (χ1v) is 9.15. The van der Waals surface area contributed by atoms with Gasteiger partial charge in [-0.2, -0.15) is 0 Å². The van der Waals surface area contributed by atoms with Crippen LogP contribution in [-0.4, -0.2) is 32.1 Å². The van der Waals surface area contributed by atoms with Gasteiger partial charge in [-0.3, -0.25) is 4.79 Å². The van der Waals surface area contributed by atoms with Gasteiger partial charge in [0.1, 0.15) is 23.1 Å². The molecule has 0 bridgehead atoms. The van der Waals surface area contributed by atoms with Crippen LogP contribution in [0.15, 0.2) is 67.0 Å². The summed E-state index contributed by atoms with van der Waals surface area (Å²) in [6.07, 6.45) is 2.88. The highest BCUT2D eigenvalue weighted by Gasteiger charge is 2.17. The number of nitrogens with two attached hydrogens (primary N) is 1. The number of methoxy groups -OCH3 is 3. The Balaban J connectivity index is 1.80. The monoisotopic (exact) mass is 405 g/mol. The minimum atomic E-state index is -0.257. The van der Waals surface area contributed by atoms with Crippen LogP contribution in [0.5, 0.6) is 17.2 Å². The van der Waals surface area contributed by atoms with Crippen molar-refractivity contribution < 1.29 is 19.0 Å². The molecule has 30 heavy (non-hydrogen) atoms. The summed E-state index contributed by atoms with van der Waals surface area (Å²) in [6, 6.07) is 16.0. The number of rotatable bonds is 8. The summed E-state index contributed by atoms with van der Waals surface area (Å²) < 4.78 is 15.6. The fourth-order valence-corrected chi connectivity index (χ4v) is 2.85. The summed E-state index contributed by atoms with van der Waals surface area (Å²) in [5.74, 6) is 2.19. The molecule has 0 atom stereocenters. The van der Waals surface area contributed by atoms with E-state index >= 15 is 0 Å². The number of nitrogens with zero attached hydrogens (tertiary/aromatic N) is 1. The highest BCUT2D eigenvalue weighted by Crippen LogP contribution is 2.27. The number of carbonyl (C=O) groups excluding carboxylic acids is 1. The number of carbonyl (C=O) groups is 1. The van der Waals surface area contributed by atoms with Crippen LogP contribution >= 0.6 is 0 Å². The van der Waals surface area contributed by atoms with Crippen LogP contribution in [0.4, 0.5) is 11.5 Å². The molecule has 7 heteroatoms. The maximum absolute atomic E-state index is 13.0. The molecule has 0 aliphatic rings. The Morgan fingerprint density at radius 3 is 2.00 bits per heavy atom. The topological polar surface area (TPSA) is 95.7 Å². The van der Waals surface area contributed by atoms with Gasteiger partial charge in [-0.1, -0.05) is 0 Å². The van der Waals surface area contributed by atoms with E-state index in [1.165, 1.54) is 20.4 Å². The molecule has 0 saturated carbocycles. The van der Waals surface area contributed by atoms with Crippen molar-refractivity contribution in [3.05, 3.63) is 78.1 Å². The predicted octanol–water partition coefficient (Wildman–Crippen LogP) is 4.03. The number of hydrogen-bond donors (Lipinski definition) is 2. The second-order valence-electron chi connectivity index (χ2n) is 6.30. The van der Waals surface area contributed by atoms with Crippen molar-refractivity contribution >= 4 is 22.9 Å². The van der Waals surface area contributed by atoms with Gasteiger partial charge in [0.2, 0.25) is 0 Å². The molecule has 0 saturated heterocycles. The number of ether oxygens (including phenoxy) is 3. The number of benzene rings is 2. The summed E-state index contributed by atoms with van der Waals surface area (Å²) in [4.78, 5) is 17.4. The molecule has 1 heterocycles. The Morgan fingerprint density at radius 2 is 1.50 bits per heavy atom. The third-order valence-electron chi connectivity index (χ3n) is 4.46. The Bertz CT molecular complexity index is 1020. The van der Waals surface area contributed by atoms with E-state index in [9.17, 15) is 4.79 Å². The van der Waals surface area contributed by atoms with Crippen molar-refractivity contribution in [1.82, 2.24) is 4.98 Å². The molecule has 0 unspecified atom stereocenters. The first kappa shape index (κ1) is 20.7. The lowest BCUT2D eigenvalue weighted by molar-refractivity contribution is 0.105. The molecule has 3 N–H and O–H groups in total. The van der Waals surface area contributed by atoms with Crippen LogP contribution in [0, 0.1) is 0 Å². The van der Waals surface area contributed by atoms with E-state index in [1.807, 2.05) is 24.3 Å². The van der Waals surface area contributed by atoms with Gasteiger partial charge in [-0.05, 0) is 48.5 Å². The Morgan fingerprint density at radius 1 is 0.867 bits per heavy atom. The summed E-state index contributed by atoms with van der Waals surface area (Å²) in [5.41, 5.74) is 7.97. The lowest BCUT2D eigenvalue weighted by Crippen LogP contribution is -2.06. The van der Waals surface area contributed by atoms with E-state index in [4.69, 9.17) is 19.9 Å². The molecule has 0 radical (unpaired) electrons. The highest BCUT2D eigenvalue weighted by molar-refractivity contribution is 6.29. The molecule has 2 aromatic carbocycles. The molecule has 0 aliphatic heterocycles. The molecule has 0 spiro atoms. The third kappa shape index (κ3) is 4.70. The second-order valence-corrected chi connectivity index (χ2v) is 6.30. The molecule has 0 fully saturated rings. The molecule has 3 aromatic rings. The fourth-order valence-electron chi connectivity index (χ4n) is 2.85. The first-order valence-electron chi connectivity index (χ1n) is 9.15. The van der Waals surface area contributed by atoms with E-state index in [0.29, 0.717) is 34.0 Å². The normalized spacial score (nSPS) is 11.0. The van der Waals surface area contributed by atoms with Crippen LogP contribution in [-0.2, 0) is 0 Å². The Labute approximate surface area is 175 Å². The van der Waals surface area contributed by atoms with Gasteiger partial charge in [-0.15, -0.1) is 0 Å². The van der Waals surface area contributed by atoms with Crippen molar-refractivity contribution in [1.29, 1.82) is 0 Å².